The fourth-order valence-electron chi connectivity index (χ4n) is 1.57. The first-order chi connectivity index (χ1) is 8.04. The molecule has 0 aliphatic carbocycles. The van der Waals surface area contributed by atoms with E-state index in [0.29, 0.717) is 0 Å². The molecule has 1 aliphatic rings. The summed E-state index contributed by atoms with van der Waals surface area (Å²) in [5.74, 6) is 0.808. The van der Waals surface area contributed by atoms with Crippen LogP contribution >= 0.6 is 0 Å². The Morgan fingerprint density at radius 1 is 1.18 bits per heavy atom. The molecule has 1 aliphatic heterocycles. The molecule has 0 radical (unpaired) electrons. The molecule has 0 saturated carbocycles. The van der Waals surface area contributed by atoms with Gasteiger partial charge in [-0.3, -0.25) is 4.98 Å². The van der Waals surface area contributed by atoms with Crippen LogP contribution in [0, 0.1) is 0 Å². The van der Waals surface area contributed by atoms with E-state index in [9.17, 15) is 0 Å². The first-order valence-corrected chi connectivity index (χ1v) is 6.25. The van der Waals surface area contributed by atoms with E-state index >= 15 is 0 Å². The Bertz CT molecular complexity index is 302. The first-order valence-electron chi connectivity index (χ1n) is 6.25. The van der Waals surface area contributed by atoms with E-state index < -0.39 is 0 Å². The van der Waals surface area contributed by atoms with E-state index in [1.807, 2.05) is 12.1 Å². The Morgan fingerprint density at radius 2 is 1.82 bits per heavy atom. The molecule has 2 rings (SSSR count). The monoisotopic (exact) mass is 236 g/mol. The average Bonchev–Trinajstić information content (AvgIpc) is 2.86. The lowest BCUT2D eigenvalue weighted by Crippen LogP contribution is -2.12. The SMILES string of the molecule is C1CCNC1.COc1ccc(C(C)(C)C)nc1. The molecule has 1 aromatic rings. The minimum Gasteiger partial charge on any atom is -0.495 e. The summed E-state index contributed by atoms with van der Waals surface area (Å²) in [4.78, 5) is 4.30. The van der Waals surface area contributed by atoms with Crippen molar-refractivity contribution in [2.75, 3.05) is 20.2 Å². The Kier molecular flexibility index (Phi) is 5.42. The zero-order valence-electron chi connectivity index (χ0n) is 11.4. The van der Waals surface area contributed by atoms with Crippen molar-refractivity contribution in [3.63, 3.8) is 0 Å². The van der Waals surface area contributed by atoms with Crippen LogP contribution in [-0.4, -0.2) is 25.2 Å². The van der Waals surface area contributed by atoms with Crippen LogP contribution in [0.1, 0.15) is 39.3 Å². The van der Waals surface area contributed by atoms with Gasteiger partial charge in [-0.2, -0.15) is 0 Å². The van der Waals surface area contributed by atoms with Gasteiger partial charge in [-0.1, -0.05) is 20.8 Å². The fraction of sp³-hybridized carbons (Fsp3) is 0.643. The van der Waals surface area contributed by atoms with Crippen molar-refractivity contribution in [1.82, 2.24) is 10.3 Å². The molecule has 0 aromatic carbocycles. The summed E-state index contributed by atoms with van der Waals surface area (Å²) in [6, 6.07) is 3.94. The number of rotatable bonds is 1. The number of nitrogens with zero attached hydrogens (tertiary/aromatic N) is 1. The van der Waals surface area contributed by atoms with Crippen LogP contribution < -0.4 is 10.1 Å². The molecule has 0 unspecified atom stereocenters. The normalized spacial score (nSPS) is 15.1. The van der Waals surface area contributed by atoms with E-state index in [2.05, 4.69) is 31.1 Å². The molecule has 0 spiro atoms. The van der Waals surface area contributed by atoms with Crippen LogP contribution in [0.15, 0.2) is 18.3 Å². The summed E-state index contributed by atoms with van der Waals surface area (Å²) in [5, 5.41) is 3.22. The highest BCUT2D eigenvalue weighted by atomic mass is 16.5. The maximum absolute atomic E-state index is 5.02. The highest BCUT2D eigenvalue weighted by molar-refractivity contribution is 5.23. The second-order valence-corrected chi connectivity index (χ2v) is 5.29. The van der Waals surface area contributed by atoms with Gasteiger partial charge >= 0.3 is 0 Å². The highest BCUT2D eigenvalue weighted by Crippen LogP contribution is 2.21. The second kappa shape index (κ2) is 6.60. The van der Waals surface area contributed by atoms with E-state index in [0.717, 1.165) is 11.4 Å². The highest BCUT2D eigenvalue weighted by Gasteiger charge is 2.14. The maximum atomic E-state index is 5.02. The van der Waals surface area contributed by atoms with Crippen molar-refractivity contribution in [2.45, 2.75) is 39.0 Å². The zero-order chi connectivity index (χ0) is 12.7. The van der Waals surface area contributed by atoms with Crippen LogP contribution in [0.2, 0.25) is 0 Å². The average molecular weight is 236 g/mol. The topological polar surface area (TPSA) is 34.1 Å². The van der Waals surface area contributed by atoms with Gasteiger partial charge in [-0.15, -0.1) is 0 Å². The molecule has 3 heteroatoms. The lowest BCUT2D eigenvalue weighted by molar-refractivity contribution is 0.411. The lowest BCUT2D eigenvalue weighted by atomic mass is 9.92. The number of hydrogen-bond acceptors (Lipinski definition) is 3. The lowest BCUT2D eigenvalue weighted by Gasteiger charge is -2.17. The first kappa shape index (κ1) is 14.0. The van der Waals surface area contributed by atoms with Crippen LogP contribution in [0.5, 0.6) is 5.75 Å². The molecule has 0 amide bonds. The third-order valence-electron chi connectivity index (χ3n) is 2.70. The third-order valence-corrected chi connectivity index (χ3v) is 2.70. The molecule has 1 saturated heterocycles. The van der Waals surface area contributed by atoms with Crippen molar-refractivity contribution in [1.29, 1.82) is 0 Å². The summed E-state index contributed by atoms with van der Waals surface area (Å²) < 4.78 is 5.02. The summed E-state index contributed by atoms with van der Waals surface area (Å²) in [7, 11) is 1.65. The van der Waals surface area contributed by atoms with Gasteiger partial charge in [0.2, 0.25) is 0 Å². The van der Waals surface area contributed by atoms with Crippen molar-refractivity contribution in [3.05, 3.63) is 24.0 Å². The minimum atomic E-state index is 0.117. The molecule has 0 bridgehead atoms. The van der Waals surface area contributed by atoms with Crippen LogP contribution in [0.25, 0.3) is 0 Å². The fourth-order valence-corrected chi connectivity index (χ4v) is 1.57. The number of aromatic nitrogens is 1. The van der Waals surface area contributed by atoms with Gasteiger partial charge in [-0.25, -0.2) is 0 Å². The Labute approximate surface area is 105 Å². The number of pyridine rings is 1. The molecular formula is C14H24N2O. The Hall–Kier alpha value is -1.09. The van der Waals surface area contributed by atoms with Gasteiger partial charge in [0.25, 0.3) is 0 Å². The van der Waals surface area contributed by atoms with Gasteiger partial charge in [0, 0.05) is 11.1 Å². The quantitative estimate of drug-likeness (QED) is 0.814. The van der Waals surface area contributed by atoms with Crippen LogP contribution in [0.3, 0.4) is 0 Å². The molecule has 17 heavy (non-hydrogen) atoms. The Morgan fingerprint density at radius 3 is 2.12 bits per heavy atom. The van der Waals surface area contributed by atoms with Gasteiger partial charge < -0.3 is 10.1 Å². The molecule has 1 N–H and O–H groups in total. The maximum Gasteiger partial charge on any atom is 0.137 e. The summed E-state index contributed by atoms with van der Waals surface area (Å²) in [6.45, 7) is 8.92. The summed E-state index contributed by atoms with van der Waals surface area (Å²) in [6.07, 6.45) is 4.53. The predicted molar refractivity (Wildman–Crippen MR) is 71.6 cm³/mol. The van der Waals surface area contributed by atoms with Crippen molar-refractivity contribution in [3.8, 4) is 5.75 Å². The smallest absolute Gasteiger partial charge is 0.137 e. The van der Waals surface area contributed by atoms with E-state index in [4.69, 9.17) is 4.74 Å². The van der Waals surface area contributed by atoms with Gasteiger partial charge in [-0.05, 0) is 38.1 Å². The minimum absolute atomic E-state index is 0.117. The molecular weight excluding hydrogens is 212 g/mol. The molecule has 1 aromatic heterocycles. The molecule has 0 atom stereocenters. The van der Waals surface area contributed by atoms with E-state index in [1.165, 1.54) is 25.9 Å². The van der Waals surface area contributed by atoms with Gasteiger partial charge in [0.1, 0.15) is 5.75 Å². The third kappa shape index (κ3) is 5.18. The van der Waals surface area contributed by atoms with E-state index in [1.54, 1.807) is 13.3 Å². The number of ether oxygens (including phenoxy) is 1. The number of methoxy groups -OCH3 is 1. The van der Waals surface area contributed by atoms with Crippen molar-refractivity contribution < 1.29 is 4.74 Å². The predicted octanol–water partition coefficient (Wildman–Crippen LogP) is 2.76. The van der Waals surface area contributed by atoms with Gasteiger partial charge in [0.15, 0.2) is 0 Å². The van der Waals surface area contributed by atoms with Crippen LogP contribution in [-0.2, 0) is 5.41 Å². The van der Waals surface area contributed by atoms with Crippen molar-refractivity contribution >= 4 is 0 Å². The second-order valence-electron chi connectivity index (χ2n) is 5.29. The van der Waals surface area contributed by atoms with Crippen LogP contribution in [0.4, 0.5) is 0 Å². The summed E-state index contributed by atoms with van der Waals surface area (Å²) in [5.41, 5.74) is 1.20. The number of hydrogen-bond donors (Lipinski definition) is 1. The number of nitrogens with one attached hydrogen (secondary N) is 1. The van der Waals surface area contributed by atoms with E-state index in [-0.39, 0.29) is 5.41 Å². The summed E-state index contributed by atoms with van der Waals surface area (Å²) >= 11 is 0. The molecule has 1 fully saturated rings. The Balaban J connectivity index is 0.000000239. The zero-order valence-corrected chi connectivity index (χ0v) is 11.4. The molecule has 3 nitrogen and oxygen atoms in total. The largest absolute Gasteiger partial charge is 0.495 e. The van der Waals surface area contributed by atoms with Crippen molar-refractivity contribution in [2.24, 2.45) is 0 Å². The molecule has 96 valence electrons. The van der Waals surface area contributed by atoms with Gasteiger partial charge in [0.05, 0.1) is 13.3 Å². The standard InChI is InChI=1S/C10H15NO.C4H9N/c1-10(2,3)9-6-5-8(12-4)7-11-9;1-2-4-5-3-1/h5-7H,1-4H3;5H,1-4H2. The molecule has 2 heterocycles.